The number of aliphatic hydroxyl groups is 1. The highest BCUT2D eigenvalue weighted by molar-refractivity contribution is 7.13. The standard InChI is InChI=1S/C16H17N3O4S/c1-10-5-6-18(8-14(10)20)16(21)13-9-24-15(17-13)11-3-2-4-12(7-11)19(22)23/h2-4,7,9-10,14,20H,5-6,8H2,1H3. The van der Waals surface area contributed by atoms with Crippen LogP contribution in [0, 0.1) is 16.0 Å². The highest BCUT2D eigenvalue weighted by Crippen LogP contribution is 2.28. The first kappa shape index (κ1) is 16.5. The molecule has 8 heteroatoms. The molecule has 0 aliphatic carbocycles. The predicted octanol–water partition coefficient (Wildman–Crippen LogP) is 2.56. The van der Waals surface area contributed by atoms with E-state index in [1.165, 1.54) is 23.5 Å². The summed E-state index contributed by atoms with van der Waals surface area (Å²) in [5.74, 6) is -0.0289. The van der Waals surface area contributed by atoms with Crippen LogP contribution >= 0.6 is 11.3 Å². The van der Waals surface area contributed by atoms with Gasteiger partial charge in [0.15, 0.2) is 0 Å². The minimum absolute atomic E-state index is 0.0104. The molecule has 2 unspecified atom stereocenters. The van der Waals surface area contributed by atoms with Crippen molar-refractivity contribution in [1.82, 2.24) is 9.88 Å². The molecule has 0 spiro atoms. The summed E-state index contributed by atoms with van der Waals surface area (Å²) in [7, 11) is 0. The van der Waals surface area contributed by atoms with E-state index in [1.807, 2.05) is 6.92 Å². The number of aromatic nitrogens is 1. The van der Waals surface area contributed by atoms with Gasteiger partial charge in [-0.15, -0.1) is 11.3 Å². The van der Waals surface area contributed by atoms with Crippen LogP contribution in [-0.4, -0.2) is 45.0 Å². The molecule has 1 aliphatic heterocycles. The van der Waals surface area contributed by atoms with E-state index in [1.54, 1.807) is 22.4 Å². The molecule has 2 heterocycles. The minimum Gasteiger partial charge on any atom is -0.391 e. The van der Waals surface area contributed by atoms with Crippen LogP contribution in [-0.2, 0) is 0 Å². The molecule has 1 saturated heterocycles. The summed E-state index contributed by atoms with van der Waals surface area (Å²) in [6, 6.07) is 6.18. The van der Waals surface area contributed by atoms with Gasteiger partial charge in [0, 0.05) is 36.2 Å². The van der Waals surface area contributed by atoms with Crippen LogP contribution in [0.25, 0.3) is 10.6 Å². The number of non-ortho nitro benzene ring substituents is 1. The van der Waals surface area contributed by atoms with Crippen LogP contribution in [0.5, 0.6) is 0 Å². The summed E-state index contributed by atoms with van der Waals surface area (Å²) < 4.78 is 0. The van der Waals surface area contributed by atoms with Crippen LogP contribution in [0.15, 0.2) is 29.6 Å². The van der Waals surface area contributed by atoms with Crippen molar-refractivity contribution in [1.29, 1.82) is 0 Å². The van der Waals surface area contributed by atoms with E-state index in [0.29, 0.717) is 29.4 Å². The molecule has 0 bridgehead atoms. The van der Waals surface area contributed by atoms with E-state index >= 15 is 0 Å². The molecule has 24 heavy (non-hydrogen) atoms. The summed E-state index contributed by atoms with van der Waals surface area (Å²) in [4.78, 5) is 28.9. The number of carbonyl (C=O) groups is 1. The number of aliphatic hydroxyl groups excluding tert-OH is 1. The Morgan fingerprint density at radius 2 is 2.29 bits per heavy atom. The van der Waals surface area contributed by atoms with Crippen LogP contribution in [0.4, 0.5) is 5.69 Å². The third-order valence-corrected chi connectivity index (χ3v) is 5.12. The number of thiazole rings is 1. The quantitative estimate of drug-likeness (QED) is 0.680. The number of amides is 1. The normalized spacial score (nSPS) is 20.8. The first-order valence-corrected chi connectivity index (χ1v) is 8.51. The van der Waals surface area contributed by atoms with E-state index in [9.17, 15) is 20.0 Å². The Morgan fingerprint density at radius 3 is 3.00 bits per heavy atom. The molecule has 1 aromatic carbocycles. The highest BCUT2D eigenvalue weighted by atomic mass is 32.1. The van der Waals surface area contributed by atoms with Gasteiger partial charge in [-0.25, -0.2) is 4.98 Å². The number of nitro groups is 1. The molecule has 2 aromatic rings. The number of benzene rings is 1. The fourth-order valence-corrected chi connectivity index (χ4v) is 3.44. The van der Waals surface area contributed by atoms with Crippen molar-refractivity contribution in [3.8, 4) is 10.6 Å². The maximum absolute atomic E-state index is 12.5. The van der Waals surface area contributed by atoms with Gasteiger partial charge in [0.1, 0.15) is 10.7 Å². The van der Waals surface area contributed by atoms with Gasteiger partial charge in [0.2, 0.25) is 0 Å². The molecule has 7 nitrogen and oxygen atoms in total. The zero-order chi connectivity index (χ0) is 17.3. The van der Waals surface area contributed by atoms with Gasteiger partial charge < -0.3 is 10.0 Å². The summed E-state index contributed by atoms with van der Waals surface area (Å²) in [6.07, 6.45) is 0.243. The summed E-state index contributed by atoms with van der Waals surface area (Å²) >= 11 is 1.27. The third kappa shape index (κ3) is 3.29. The molecule has 126 valence electrons. The number of nitro benzene ring substituents is 1. The monoisotopic (exact) mass is 347 g/mol. The van der Waals surface area contributed by atoms with Gasteiger partial charge in [-0.2, -0.15) is 0 Å². The number of likely N-dealkylation sites (tertiary alicyclic amines) is 1. The Morgan fingerprint density at radius 1 is 1.50 bits per heavy atom. The van der Waals surface area contributed by atoms with Crippen molar-refractivity contribution in [3.05, 3.63) is 45.5 Å². The lowest BCUT2D eigenvalue weighted by atomic mass is 9.96. The van der Waals surface area contributed by atoms with E-state index in [2.05, 4.69) is 4.98 Å². The molecule has 1 aliphatic rings. The zero-order valence-corrected chi connectivity index (χ0v) is 13.9. The van der Waals surface area contributed by atoms with E-state index in [4.69, 9.17) is 0 Å². The van der Waals surface area contributed by atoms with Gasteiger partial charge in [-0.1, -0.05) is 19.1 Å². The Labute approximate surface area is 142 Å². The first-order chi connectivity index (χ1) is 11.5. The van der Waals surface area contributed by atoms with Gasteiger partial charge in [-0.05, 0) is 12.3 Å². The van der Waals surface area contributed by atoms with Gasteiger partial charge >= 0.3 is 0 Å². The average molecular weight is 347 g/mol. The Hall–Kier alpha value is -2.32. The Kier molecular flexibility index (Phi) is 4.59. The number of nitrogens with zero attached hydrogens (tertiary/aromatic N) is 3. The average Bonchev–Trinajstić information content (AvgIpc) is 3.07. The summed E-state index contributed by atoms with van der Waals surface area (Å²) in [5.41, 5.74) is 0.910. The molecular formula is C16H17N3O4S. The van der Waals surface area contributed by atoms with Crippen molar-refractivity contribution >= 4 is 22.9 Å². The van der Waals surface area contributed by atoms with Crippen molar-refractivity contribution in [2.24, 2.45) is 5.92 Å². The lowest BCUT2D eigenvalue weighted by Crippen LogP contribution is -2.45. The van der Waals surface area contributed by atoms with E-state index in [0.717, 1.165) is 6.42 Å². The summed E-state index contributed by atoms with van der Waals surface area (Å²) in [5, 5.41) is 23.0. The molecule has 1 N–H and O–H groups in total. The van der Waals surface area contributed by atoms with Crippen molar-refractivity contribution in [2.75, 3.05) is 13.1 Å². The first-order valence-electron chi connectivity index (χ1n) is 7.63. The molecule has 1 fully saturated rings. The number of piperidine rings is 1. The fourth-order valence-electron chi connectivity index (χ4n) is 2.65. The number of rotatable bonds is 3. The molecular weight excluding hydrogens is 330 g/mol. The van der Waals surface area contributed by atoms with Crippen LogP contribution in [0.1, 0.15) is 23.8 Å². The largest absolute Gasteiger partial charge is 0.391 e. The lowest BCUT2D eigenvalue weighted by molar-refractivity contribution is -0.384. The maximum Gasteiger partial charge on any atom is 0.273 e. The molecule has 1 amide bonds. The molecule has 0 saturated carbocycles. The second-order valence-corrected chi connectivity index (χ2v) is 6.79. The fraction of sp³-hybridized carbons (Fsp3) is 0.375. The van der Waals surface area contributed by atoms with Crippen LogP contribution < -0.4 is 0 Å². The number of hydrogen-bond donors (Lipinski definition) is 1. The zero-order valence-electron chi connectivity index (χ0n) is 13.1. The second kappa shape index (κ2) is 6.66. The van der Waals surface area contributed by atoms with Crippen molar-refractivity contribution in [3.63, 3.8) is 0 Å². The second-order valence-electron chi connectivity index (χ2n) is 5.93. The minimum atomic E-state index is -0.516. The van der Waals surface area contributed by atoms with E-state index in [-0.39, 0.29) is 17.5 Å². The number of hydrogen-bond acceptors (Lipinski definition) is 6. The van der Waals surface area contributed by atoms with Crippen LogP contribution in [0.3, 0.4) is 0 Å². The van der Waals surface area contributed by atoms with Gasteiger partial charge in [0.25, 0.3) is 11.6 Å². The topological polar surface area (TPSA) is 96.6 Å². The highest BCUT2D eigenvalue weighted by Gasteiger charge is 2.29. The van der Waals surface area contributed by atoms with Gasteiger partial charge in [-0.3, -0.25) is 14.9 Å². The Balaban J connectivity index is 1.79. The van der Waals surface area contributed by atoms with Crippen LogP contribution in [0.2, 0.25) is 0 Å². The molecule has 3 rings (SSSR count). The van der Waals surface area contributed by atoms with Crippen molar-refractivity contribution < 1.29 is 14.8 Å². The smallest absolute Gasteiger partial charge is 0.273 e. The predicted molar refractivity (Wildman–Crippen MR) is 89.9 cm³/mol. The number of carbonyl (C=O) groups excluding carboxylic acids is 1. The Bertz CT molecular complexity index is 776. The summed E-state index contributed by atoms with van der Waals surface area (Å²) in [6.45, 7) is 2.88. The van der Waals surface area contributed by atoms with Gasteiger partial charge in [0.05, 0.1) is 11.0 Å². The maximum atomic E-state index is 12.5. The third-order valence-electron chi connectivity index (χ3n) is 4.23. The SMILES string of the molecule is CC1CCN(C(=O)c2csc(-c3cccc([N+](=O)[O-])c3)n2)CC1O. The molecule has 0 radical (unpaired) electrons. The molecule has 1 aromatic heterocycles. The lowest BCUT2D eigenvalue weighted by Gasteiger charge is -2.33. The van der Waals surface area contributed by atoms with E-state index < -0.39 is 11.0 Å². The number of β-amino-alcohol motifs (C(OH)–C–C–N with tert-alkyl or cyclic N) is 1. The van der Waals surface area contributed by atoms with Crippen molar-refractivity contribution in [2.45, 2.75) is 19.4 Å². The molecule has 2 atom stereocenters.